The van der Waals surface area contributed by atoms with Gasteiger partial charge in [-0.15, -0.1) is 0 Å². The zero-order chi connectivity index (χ0) is 14.5. The predicted octanol–water partition coefficient (Wildman–Crippen LogP) is 1.41. The van der Waals surface area contributed by atoms with Crippen LogP contribution < -0.4 is 5.32 Å². The van der Waals surface area contributed by atoms with Gasteiger partial charge >= 0.3 is 0 Å². The standard InChI is InChI=1S/C13H18N2O4/c1-3-13(2,17)9-14-12(16)8-10-5-4-6-11(7-10)15(18)19/h4-7,17H,3,8-9H2,1-2H3,(H,14,16). The number of nitrogens with zero attached hydrogens (tertiary/aromatic N) is 1. The predicted molar refractivity (Wildman–Crippen MR) is 70.7 cm³/mol. The van der Waals surface area contributed by atoms with Crippen LogP contribution in [0.15, 0.2) is 24.3 Å². The number of hydrogen-bond donors (Lipinski definition) is 2. The van der Waals surface area contributed by atoms with Crippen molar-refractivity contribution in [3.05, 3.63) is 39.9 Å². The molecule has 0 saturated heterocycles. The lowest BCUT2D eigenvalue weighted by atomic mass is 10.0. The summed E-state index contributed by atoms with van der Waals surface area (Å²) in [4.78, 5) is 21.8. The molecule has 0 aliphatic rings. The summed E-state index contributed by atoms with van der Waals surface area (Å²) in [5.41, 5.74) is -0.396. The fourth-order valence-corrected chi connectivity index (χ4v) is 1.44. The van der Waals surface area contributed by atoms with Crippen molar-refractivity contribution in [2.75, 3.05) is 6.54 Å². The number of non-ortho nitro benzene ring substituents is 1. The van der Waals surface area contributed by atoms with Crippen LogP contribution in [-0.2, 0) is 11.2 Å². The zero-order valence-corrected chi connectivity index (χ0v) is 11.0. The summed E-state index contributed by atoms with van der Waals surface area (Å²) in [5.74, 6) is -0.269. The van der Waals surface area contributed by atoms with Crippen LogP contribution in [-0.4, -0.2) is 28.1 Å². The molecule has 0 saturated carbocycles. The molecule has 1 aromatic carbocycles. The molecule has 0 aliphatic heterocycles. The van der Waals surface area contributed by atoms with Crippen molar-refractivity contribution >= 4 is 11.6 Å². The molecular weight excluding hydrogens is 248 g/mol. The number of aliphatic hydroxyl groups is 1. The van der Waals surface area contributed by atoms with Gasteiger partial charge in [0.1, 0.15) is 0 Å². The summed E-state index contributed by atoms with van der Waals surface area (Å²) in [7, 11) is 0. The van der Waals surface area contributed by atoms with E-state index in [-0.39, 0.29) is 24.6 Å². The Hall–Kier alpha value is -1.95. The van der Waals surface area contributed by atoms with E-state index < -0.39 is 10.5 Å². The molecule has 1 atom stereocenters. The highest BCUT2D eigenvalue weighted by atomic mass is 16.6. The first-order chi connectivity index (χ1) is 8.84. The average Bonchev–Trinajstić information content (AvgIpc) is 2.37. The topological polar surface area (TPSA) is 92.5 Å². The summed E-state index contributed by atoms with van der Waals surface area (Å²) in [6.07, 6.45) is 0.589. The van der Waals surface area contributed by atoms with Crippen LogP contribution in [0.1, 0.15) is 25.8 Å². The zero-order valence-electron chi connectivity index (χ0n) is 11.0. The smallest absolute Gasteiger partial charge is 0.269 e. The molecule has 1 unspecified atom stereocenters. The van der Waals surface area contributed by atoms with Gasteiger partial charge in [-0.3, -0.25) is 14.9 Å². The second-order valence-corrected chi connectivity index (χ2v) is 4.73. The average molecular weight is 266 g/mol. The summed E-state index contributed by atoms with van der Waals surface area (Å²) in [5, 5.41) is 23.0. The molecule has 19 heavy (non-hydrogen) atoms. The lowest BCUT2D eigenvalue weighted by Gasteiger charge is -2.21. The number of benzene rings is 1. The number of rotatable bonds is 6. The SMILES string of the molecule is CCC(C)(O)CNC(=O)Cc1cccc([N+](=O)[O-])c1. The molecule has 1 amide bonds. The highest BCUT2D eigenvalue weighted by molar-refractivity contribution is 5.78. The Bertz CT molecular complexity index is 471. The molecule has 6 nitrogen and oxygen atoms in total. The van der Waals surface area contributed by atoms with Crippen molar-refractivity contribution in [2.45, 2.75) is 32.3 Å². The van der Waals surface area contributed by atoms with Crippen molar-refractivity contribution < 1.29 is 14.8 Å². The normalized spacial score (nSPS) is 13.6. The van der Waals surface area contributed by atoms with Gasteiger partial charge in [0, 0.05) is 18.7 Å². The Kier molecular flexibility index (Phi) is 5.00. The molecule has 0 aliphatic carbocycles. The highest BCUT2D eigenvalue weighted by Crippen LogP contribution is 2.13. The first-order valence-electron chi connectivity index (χ1n) is 6.06. The molecule has 0 radical (unpaired) electrons. The van der Waals surface area contributed by atoms with Crippen molar-refractivity contribution in [3.63, 3.8) is 0 Å². The van der Waals surface area contributed by atoms with E-state index in [0.29, 0.717) is 12.0 Å². The van der Waals surface area contributed by atoms with Gasteiger partial charge in [-0.25, -0.2) is 0 Å². The van der Waals surface area contributed by atoms with Crippen molar-refractivity contribution in [1.29, 1.82) is 0 Å². The van der Waals surface area contributed by atoms with E-state index in [4.69, 9.17) is 0 Å². The molecule has 6 heteroatoms. The van der Waals surface area contributed by atoms with Crippen LogP contribution in [0.3, 0.4) is 0 Å². The van der Waals surface area contributed by atoms with E-state index in [2.05, 4.69) is 5.32 Å². The molecule has 0 bridgehead atoms. The minimum Gasteiger partial charge on any atom is -0.388 e. The molecule has 1 aromatic rings. The first kappa shape index (κ1) is 15.1. The largest absolute Gasteiger partial charge is 0.388 e. The van der Waals surface area contributed by atoms with E-state index in [0.717, 1.165) is 0 Å². The van der Waals surface area contributed by atoms with Gasteiger partial charge < -0.3 is 10.4 Å². The molecule has 1 rings (SSSR count). The van der Waals surface area contributed by atoms with Gasteiger partial charge in [0.15, 0.2) is 0 Å². The van der Waals surface area contributed by atoms with Crippen molar-refractivity contribution in [2.24, 2.45) is 0 Å². The van der Waals surface area contributed by atoms with Crippen molar-refractivity contribution in [1.82, 2.24) is 5.32 Å². The highest BCUT2D eigenvalue weighted by Gasteiger charge is 2.18. The number of nitrogens with one attached hydrogen (secondary N) is 1. The molecule has 0 spiro atoms. The Balaban J connectivity index is 2.58. The summed E-state index contributed by atoms with van der Waals surface area (Å²) < 4.78 is 0. The molecule has 104 valence electrons. The number of hydrogen-bond acceptors (Lipinski definition) is 4. The number of carbonyl (C=O) groups excluding carboxylic acids is 1. The lowest BCUT2D eigenvalue weighted by Crippen LogP contribution is -2.40. The van der Waals surface area contributed by atoms with Gasteiger partial charge in [0.05, 0.1) is 16.9 Å². The van der Waals surface area contributed by atoms with E-state index in [1.807, 2.05) is 6.92 Å². The minimum absolute atomic E-state index is 0.0362. The Morgan fingerprint density at radius 2 is 2.21 bits per heavy atom. The summed E-state index contributed by atoms with van der Waals surface area (Å²) in [6.45, 7) is 3.63. The number of carbonyl (C=O) groups is 1. The van der Waals surface area contributed by atoms with Gasteiger partial charge in [-0.2, -0.15) is 0 Å². The van der Waals surface area contributed by atoms with Gasteiger partial charge in [0.25, 0.3) is 5.69 Å². The van der Waals surface area contributed by atoms with E-state index in [9.17, 15) is 20.0 Å². The van der Waals surface area contributed by atoms with Crippen LogP contribution in [0, 0.1) is 10.1 Å². The van der Waals surface area contributed by atoms with Gasteiger partial charge in [0.2, 0.25) is 5.91 Å². The monoisotopic (exact) mass is 266 g/mol. The maximum atomic E-state index is 11.7. The fourth-order valence-electron chi connectivity index (χ4n) is 1.44. The van der Waals surface area contributed by atoms with E-state index >= 15 is 0 Å². The molecule has 0 heterocycles. The number of nitro benzene ring substituents is 1. The van der Waals surface area contributed by atoms with Crippen LogP contribution in [0.2, 0.25) is 0 Å². The molecular formula is C13H18N2O4. The minimum atomic E-state index is -0.932. The fraction of sp³-hybridized carbons (Fsp3) is 0.462. The maximum Gasteiger partial charge on any atom is 0.269 e. The quantitative estimate of drug-likeness (QED) is 0.601. The second-order valence-electron chi connectivity index (χ2n) is 4.73. The van der Waals surface area contributed by atoms with E-state index in [1.54, 1.807) is 19.1 Å². The Morgan fingerprint density at radius 1 is 1.53 bits per heavy atom. The summed E-state index contributed by atoms with van der Waals surface area (Å²) >= 11 is 0. The Labute approximate surface area is 111 Å². The van der Waals surface area contributed by atoms with E-state index in [1.165, 1.54) is 12.1 Å². The third kappa shape index (κ3) is 5.05. The van der Waals surface area contributed by atoms with Crippen LogP contribution >= 0.6 is 0 Å². The van der Waals surface area contributed by atoms with Crippen LogP contribution in [0.4, 0.5) is 5.69 Å². The lowest BCUT2D eigenvalue weighted by molar-refractivity contribution is -0.384. The molecule has 2 N–H and O–H groups in total. The second kappa shape index (κ2) is 6.29. The van der Waals surface area contributed by atoms with Crippen LogP contribution in [0.25, 0.3) is 0 Å². The van der Waals surface area contributed by atoms with Gasteiger partial charge in [-0.05, 0) is 18.9 Å². The summed E-state index contributed by atoms with van der Waals surface area (Å²) in [6, 6.07) is 5.95. The van der Waals surface area contributed by atoms with Crippen molar-refractivity contribution in [3.8, 4) is 0 Å². The molecule has 0 aromatic heterocycles. The third-order valence-corrected chi connectivity index (χ3v) is 2.91. The first-order valence-corrected chi connectivity index (χ1v) is 6.06. The molecule has 0 fully saturated rings. The Morgan fingerprint density at radius 3 is 2.79 bits per heavy atom. The third-order valence-electron chi connectivity index (χ3n) is 2.91. The van der Waals surface area contributed by atoms with Crippen LogP contribution in [0.5, 0.6) is 0 Å². The number of nitro groups is 1. The number of amides is 1. The maximum absolute atomic E-state index is 11.7. The van der Waals surface area contributed by atoms with Gasteiger partial charge in [-0.1, -0.05) is 19.1 Å².